The minimum Gasteiger partial charge on any atom is -0.466 e. The molecule has 0 saturated heterocycles. The number of nitrogens with zero attached hydrogens (tertiary/aromatic N) is 1. The molecule has 3 aliphatic rings. The molecule has 3 aliphatic carbocycles. The highest BCUT2D eigenvalue weighted by atomic mass is 16.5. The molecule has 0 aromatic heterocycles. The van der Waals surface area contributed by atoms with Crippen LogP contribution in [0.5, 0.6) is 0 Å². The van der Waals surface area contributed by atoms with Gasteiger partial charge in [0.15, 0.2) is 0 Å². The highest BCUT2D eigenvalue weighted by Crippen LogP contribution is 2.52. The minimum absolute atomic E-state index is 0.00421. The normalized spacial score (nSPS) is 18.8. The molecule has 1 N–H and O–H groups in total. The van der Waals surface area contributed by atoms with Crippen LogP contribution < -0.4 is 0 Å². The van der Waals surface area contributed by atoms with Crippen LogP contribution in [-0.2, 0) is 19.1 Å². The van der Waals surface area contributed by atoms with Gasteiger partial charge < -0.3 is 19.5 Å². The van der Waals surface area contributed by atoms with Crippen LogP contribution in [0, 0.1) is 17.3 Å². The first-order valence-corrected chi connectivity index (χ1v) is 21.6. The molecule has 0 atom stereocenters. The number of esters is 2. The van der Waals surface area contributed by atoms with Crippen LogP contribution in [0.3, 0.4) is 0 Å². The smallest absolute Gasteiger partial charge is 0.306 e. The van der Waals surface area contributed by atoms with Gasteiger partial charge in [0.25, 0.3) is 0 Å². The zero-order valence-corrected chi connectivity index (χ0v) is 32.6. The molecule has 3 saturated carbocycles. The van der Waals surface area contributed by atoms with E-state index < -0.39 is 0 Å². The second-order valence-corrected chi connectivity index (χ2v) is 16.2. The maximum Gasteiger partial charge on any atom is 0.306 e. The van der Waals surface area contributed by atoms with E-state index in [0.717, 1.165) is 70.5 Å². The van der Waals surface area contributed by atoms with Gasteiger partial charge in [0.05, 0.1) is 19.6 Å². The zero-order chi connectivity index (χ0) is 35.3. The Morgan fingerprint density at radius 3 is 1.69 bits per heavy atom. The van der Waals surface area contributed by atoms with Crippen LogP contribution >= 0.6 is 0 Å². The molecule has 3 rings (SSSR count). The lowest BCUT2D eigenvalue weighted by molar-refractivity contribution is -0.148. The van der Waals surface area contributed by atoms with Crippen LogP contribution in [0.4, 0.5) is 0 Å². The maximum atomic E-state index is 12.4. The van der Waals surface area contributed by atoms with Crippen molar-refractivity contribution >= 4 is 11.9 Å². The fourth-order valence-electron chi connectivity index (χ4n) is 8.42. The van der Waals surface area contributed by atoms with Crippen molar-refractivity contribution in [3.8, 4) is 0 Å². The summed E-state index contributed by atoms with van der Waals surface area (Å²) in [6.07, 6.45) is 35.0. The van der Waals surface area contributed by atoms with Crippen molar-refractivity contribution in [1.82, 2.24) is 4.90 Å². The monoisotopic (exact) mass is 692 g/mol. The summed E-state index contributed by atoms with van der Waals surface area (Å²) < 4.78 is 11.3. The van der Waals surface area contributed by atoms with E-state index in [1.807, 2.05) is 0 Å². The lowest BCUT2D eigenvalue weighted by atomic mass is 9.59. The minimum atomic E-state index is -0.00421. The number of hydrogen-bond donors (Lipinski definition) is 1. The van der Waals surface area contributed by atoms with Crippen LogP contribution in [0.1, 0.15) is 206 Å². The van der Waals surface area contributed by atoms with Gasteiger partial charge >= 0.3 is 11.9 Å². The number of carbonyl (C=O) groups excluding carboxylic acids is 2. The van der Waals surface area contributed by atoms with Gasteiger partial charge in [0.1, 0.15) is 0 Å². The third kappa shape index (κ3) is 22.4. The molecule has 0 aromatic rings. The van der Waals surface area contributed by atoms with Crippen LogP contribution in [0.2, 0.25) is 0 Å². The Balaban J connectivity index is 1.44. The van der Waals surface area contributed by atoms with E-state index in [1.54, 1.807) is 0 Å². The summed E-state index contributed by atoms with van der Waals surface area (Å²) in [4.78, 5) is 27.3. The Morgan fingerprint density at radius 2 is 1.12 bits per heavy atom. The molecule has 49 heavy (non-hydrogen) atoms. The molecule has 6 heteroatoms. The predicted molar refractivity (Wildman–Crippen MR) is 205 cm³/mol. The summed E-state index contributed by atoms with van der Waals surface area (Å²) in [6.45, 7) is 9.37. The second kappa shape index (κ2) is 29.4. The largest absolute Gasteiger partial charge is 0.466 e. The average Bonchev–Trinajstić information content (AvgIpc) is 3.10. The molecule has 0 radical (unpaired) electrons. The molecule has 0 unspecified atom stereocenters. The fraction of sp³-hybridized carbons (Fsp3) is 0.953. The van der Waals surface area contributed by atoms with Gasteiger partial charge in [0.2, 0.25) is 0 Å². The Bertz CT molecular complexity index is 771. The van der Waals surface area contributed by atoms with E-state index in [1.165, 1.54) is 135 Å². The first-order valence-electron chi connectivity index (χ1n) is 21.6. The number of carbonyl (C=O) groups is 2. The van der Waals surface area contributed by atoms with Gasteiger partial charge in [-0.2, -0.15) is 0 Å². The van der Waals surface area contributed by atoms with Crippen LogP contribution in [-0.4, -0.2) is 61.4 Å². The molecule has 0 heterocycles. The summed E-state index contributed by atoms with van der Waals surface area (Å²) in [6, 6.07) is 0. The molecular formula is C43H81NO5. The van der Waals surface area contributed by atoms with Crippen LogP contribution in [0.25, 0.3) is 0 Å². The average molecular weight is 692 g/mol. The molecule has 288 valence electrons. The quantitative estimate of drug-likeness (QED) is 0.0535. The molecular weight excluding hydrogens is 610 g/mol. The molecule has 2 bridgehead atoms. The van der Waals surface area contributed by atoms with Gasteiger partial charge in [-0.05, 0) is 120 Å². The number of hydrogen-bond acceptors (Lipinski definition) is 6. The first kappa shape index (κ1) is 44.0. The van der Waals surface area contributed by atoms with Crippen molar-refractivity contribution in [1.29, 1.82) is 0 Å². The van der Waals surface area contributed by atoms with Crippen molar-refractivity contribution in [3.63, 3.8) is 0 Å². The highest BCUT2D eigenvalue weighted by Gasteiger charge is 2.41. The Hall–Kier alpha value is -1.14. The number of fused-ring (bicyclic) bond motifs is 3. The van der Waals surface area contributed by atoms with Gasteiger partial charge in [0, 0.05) is 13.0 Å². The van der Waals surface area contributed by atoms with Gasteiger partial charge in [-0.25, -0.2) is 0 Å². The SMILES string of the molecule is CCCCCC(CCCCC)CCOC(=O)CCCCCCCN(CCCCO)CCCCCCCCOC(=O)CC12CCC(CC1)CC2. The number of unbranched alkanes of at least 4 members (excludes halogenated alkanes) is 14. The molecule has 0 aliphatic heterocycles. The van der Waals surface area contributed by atoms with Crippen molar-refractivity contribution < 1.29 is 24.2 Å². The Kier molecular flexibility index (Phi) is 26.4. The van der Waals surface area contributed by atoms with Crippen LogP contribution in [0.15, 0.2) is 0 Å². The van der Waals surface area contributed by atoms with Crippen molar-refractivity contribution in [2.75, 3.05) is 39.5 Å². The summed E-state index contributed by atoms with van der Waals surface area (Å²) in [7, 11) is 0. The molecule has 0 aromatic carbocycles. The topological polar surface area (TPSA) is 76.1 Å². The van der Waals surface area contributed by atoms with Gasteiger partial charge in [-0.15, -0.1) is 0 Å². The zero-order valence-electron chi connectivity index (χ0n) is 32.6. The summed E-state index contributed by atoms with van der Waals surface area (Å²) in [5.74, 6) is 1.70. The molecule has 3 fully saturated rings. The Labute approximate surface area is 303 Å². The molecule has 0 amide bonds. The van der Waals surface area contributed by atoms with E-state index >= 15 is 0 Å². The number of ether oxygens (including phenoxy) is 2. The van der Waals surface area contributed by atoms with Gasteiger partial charge in [-0.3, -0.25) is 9.59 Å². The third-order valence-electron chi connectivity index (χ3n) is 11.9. The predicted octanol–water partition coefficient (Wildman–Crippen LogP) is 11.4. The van der Waals surface area contributed by atoms with E-state index in [-0.39, 0.29) is 24.0 Å². The van der Waals surface area contributed by atoms with Crippen molar-refractivity contribution in [2.45, 2.75) is 206 Å². The molecule has 6 nitrogen and oxygen atoms in total. The second-order valence-electron chi connectivity index (χ2n) is 16.2. The first-order chi connectivity index (χ1) is 24.0. The fourth-order valence-corrected chi connectivity index (χ4v) is 8.42. The standard InChI is InChI=1S/C43H81NO5/c1-3-5-14-22-39(23-15-6-4-2)28-37-49-41(46)24-16-10-9-12-18-33-44(34-19-20-35-45)32-17-11-7-8-13-21-36-48-42(47)38-43-29-25-40(26-30-43)27-31-43/h39-40,45H,3-38H2,1-2H3. The maximum absolute atomic E-state index is 12.4. The Morgan fingerprint density at radius 1 is 0.612 bits per heavy atom. The number of aliphatic hydroxyl groups is 1. The third-order valence-corrected chi connectivity index (χ3v) is 11.9. The number of aliphatic hydroxyl groups excluding tert-OH is 1. The summed E-state index contributed by atoms with van der Waals surface area (Å²) in [5.41, 5.74) is 0.277. The summed E-state index contributed by atoms with van der Waals surface area (Å²) in [5, 5.41) is 9.25. The summed E-state index contributed by atoms with van der Waals surface area (Å²) >= 11 is 0. The number of rotatable bonds is 34. The highest BCUT2D eigenvalue weighted by molar-refractivity contribution is 5.70. The van der Waals surface area contributed by atoms with E-state index in [0.29, 0.717) is 32.0 Å². The molecule has 0 spiro atoms. The van der Waals surface area contributed by atoms with E-state index in [9.17, 15) is 14.7 Å². The van der Waals surface area contributed by atoms with E-state index in [4.69, 9.17) is 9.47 Å². The van der Waals surface area contributed by atoms with Gasteiger partial charge in [-0.1, -0.05) is 110 Å². The van der Waals surface area contributed by atoms with Crippen molar-refractivity contribution in [2.24, 2.45) is 17.3 Å². The van der Waals surface area contributed by atoms with E-state index in [2.05, 4.69) is 18.7 Å². The lowest BCUT2D eigenvalue weighted by Gasteiger charge is -2.46. The lowest BCUT2D eigenvalue weighted by Crippen LogP contribution is -2.36. The van der Waals surface area contributed by atoms with Crippen molar-refractivity contribution in [3.05, 3.63) is 0 Å².